The Hall–Kier alpha value is -2.57. The molecule has 0 saturated carbocycles. The van der Waals surface area contributed by atoms with Gasteiger partial charge >= 0.3 is 6.03 Å². The fourth-order valence-corrected chi connectivity index (χ4v) is 3.17. The molecule has 2 amide bonds. The second-order valence-corrected chi connectivity index (χ2v) is 7.30. The molecule has 7 heteroatoms. The molecule has 2 N–H and O–H groups in total. The van der Waals surface area contributed by atoms with Crippen LogP contribution in [0.1, 0.15) is 32.4 Å². The van der Waals surface area contributed by atoms with Gasteiger partial charge in [-0.3, -0.25) is 10.00 Å². The summed E-state index contributed by atoms with van der Waals surface area (Å²) in [7, 11) is 1.85. The van der Waals surface area contributed by atoms with Crippen LogP contribution in [0.25, 0.3) is 0 Å². The number of aryl methyl sites for hydroxylation is 2. The second kappa shape index (κ2) is 8.21. The van der Waals surface area contributed by atoms with E-state index in [1.165, 1.54) is 0 Å². The SMILES string of the molecule is CC(C)CCc1cc(NC(=O)N[C@H]2CCN(c3ccccn3)C2)n(C)n1. The number of carbonyl (C=O) groups is 1. The fraction of sp³-hybridized carbons (Fsp3) is 0.526. The van der Waals surface area contributed by atoms with Crippen molar-refractivity contribution in [3.05, 3.63) is 36.2 Å². The summed E-state index contributed by atoms with van der Waals surface area (Å²) in [5.74, 6) is 2.32. The van der Waals surface area contributed by atoms with E-state index in [0.29, 0.717) is 5.92 Å². The molecule has 0 spiro atoms. The molecule has 0 aliphatic carbocycles. The van der Waals surface area contributed by atoms with Gasteiger partial charge in [-0.1, -0.05) is 19.9 Å². The summed E-state index contributed by atoms with van der Waals surface area (Å²) in [4.78, 5) is 18.9. The van der Waals surface area contributed by atoms with Crippen LogP contribution < -0.4 is 15.5 Å². The summed E-state index contributed by atoms with van der Waals surface area (Å²) in [6.45, 7) is 6.07. The molecule has 0 radical (unpaired) electrons. The number of rotatable bonds is 6. The van der Waals surface area contributed by atoms with Crippen molar-refractivity contribution in [1.29, 1.82) is 0 Å². The van der Waals surface area contributed by atoms with Crippen LogP contribution in [-0.2, 0) is 13.5 Å². The number of pyridine rings is 1. The zero-order chi connectivity index (χ0) is 18.5. The molecule has 0 unspecified atom stereocenters. The van der Waals surface area contributed by atoms with Crippen molar-refractivity contribution in [2.45, 2.75) is 39.2 Å². The molecule has 1 fully saturated rings. The van der Waals surface area contributed by atoms with Gasteiger partial charge in [0.1, 0.15) is 11.6 Å². The molecule has 26 heavy (non-hydrogen) atoms. The quantitative estimate of drug-likeness (QED) is 0.835. The summed E-state index contributed by atoms with van der Waals surface area (Å²) in [6.07, 6.45) is 4.72. The zero-order valence-electron chi connectivity index (χ0n) is 15.8. The number of amides is 2. The van der Waals surface area contributed by atoms with Gasteiger partial charge in [-0.05, 0) is 37.3 Å². The van der Waals surface area contributed by atoms with Crippen molar-refractivity contribution >= 4 is 17.7 Å². The van der Waals surface area contributed by atoms with Crippen LogP contribution in [0.4, 0.5) is 16.4 Å². The summed E-state index contributed by atoms with van der Waals surface area (Å²) in [5.41, 5.74) is 1.01. The largest absolute Gasteiger partial charge is 0.354 e. The first-order valence-electron chi connectivity index (χ1n) is 9.27. The number of urea groups is 1. The van der Waals surface area contributed by atoms with Crippen LogP contribution in [0.15, 0.2) is 30.5 Å². The minimum atomic E-state index is -0.184. The molecular weight excluding hydrogens is 328 g/mol. The maximum atomic E-state index is 12.3. The normalized spacial score (nSPS) is 16.9. The first-order valence-corrected chi connectivity index (χ1v) is 9.27. The molecule has 1 saturated heterocycles. The number of anilines is 2. The molecule has 1 aliphatic rings. The van der Waals surface area contributed by atoms with E-state index in [2.05, 4.69) is 39.5 Å². The first kappa shape index (κ1) is 18.2. The van der Waals surface area contributed by atoms with Crippen LogP contribution >= 0.6 is 0 Å². The lowest BCUT2D eigenvalue weighted by Crippen LogP contribution is -2.40. The Morgan fingerprint density at radius 1 is 1.38 bits per heavy atom. The average Bonchev–Trinajstić information content (AvgIpc) is 3.21. The molecule has 0 aromatic carbocycles. The fourth-order valence-electron chi connectivity index (χ4n) is 3.17. The van der Waals surface area contributed by atoms with E-state index in [-0.39, 0.29) is 12.1 Å². The smallest absolute Gasteiger partial charge is 0.320 e. The molecule has 3 heterocycles. The number of carbonyl (C=O) groups excluding carboxylic acids is 1. The molecule has 1 aliphatic heterocycles. The third kappa shape index (κ3) is 4.74. The maximum Gasteiger partial charge on any atom is 0.320 e. The van der Waals surface area contributed by atoms with Gasteiger partial charge in [0, 0.05) is 38.4 Å². The predicted molar refractivity (Wildman–Crippen MR) is 103 cm³/mol. The third-order valence-corrected chi connectivity index (χ3v) is 4.65. The average molecular weight is 356 g/mol. The van der Waals surface area contributed by atoms with E-state index in [1.807, 2.05) is 31.3 Å². The van der Waals surface area contributed by atoms with Gasteiger partial charge in [-0.25, -0.2) is 9.78 Å². The van der Waals surface area contributed by atoms with Crippen LogP contribution in [0, 0.1) is 5.92 Å². The third-order valence-electron chi connectivity index (χ3n) is 4.65. The van der Waals surface area contributed by atoms with Crippen LogP contribution in [0.2, 0.25) is 0 Å². The number of hydrogen-bond acceptors (Lipinski definition) is 4. The van der Waals surface area contributed by atoms with Crippen molar-refractivity contribution in [2.24, 2.45) is 13.0 Å². The molecule has 140 valence electrons. The lowest BCUT2D eigenvalue weighted by atomic mass is 10.1. The number of nitrogens with zero attached hydrogens (tertiary/aromatic N) is 4. The molecule has 2 aromatic heterocycles. The zero-order valence-corrected chi connectivity index (χ0v) is 15.8. The molecule has 3 rings (SSSR count). The number of aromatic nitrogens is 3. The Bertz CT molecular complexity index is 727. The number of nitrogens with one attached hydrogen (secondary N) is 2. The molecule has 2 aromatic rings. The lowest BCUT2D eigenvalue weighted by Gasteiger charge is -2.17. The van der Waals surface area contributed by atoms with Crippen LogP contribution in [0.3, 0.4) is 0 Å². The Kier molecular flexibility index (Phi) is 5.75. The lowest BCUT2D eigenvalue weighted by molar-refractivity contribution is 0.249. The van der Waals surface area contributed by atoms with E-state index in [4.69, 9.17) is 0 Å². The van der Waals surface area contributed by atoms with Crippen LogP contribution in [0.5, 0.6) is 0 Å². The maximum absolute atomic E-state index is 12.3. The molecule has 0 bridgehead atoms. The monoisotopic (exact) mass is 356 g/mol. The van der Waals surface area contributed by atoms with Gasteiger partial charge < -0.3 is 10.2 Å². The highest BCUT2D eigenvalue weighted by Crippen LogP contribution is 2.18. The Morgan fingerprint density at radius 2 is 2.23 bits per heavy atom. The van der Waals surface area contributed by atoms with Crippen molar-refractivity contribution in [1.82, 2.24) is 20.1 Å². The van der Waals surface area contributed by atoms with Gasteiger partial charge in [0.15, 0.2) is 0 Å². The Labute approximate surface area is 154 Å². The first-order chi connectivity index (χ1) is 12.5. The van der Waals surface area contributed by atoms with Crippen LogP contribution in [-0.4, -0.2) is 39.9 Å². The van der Waals surface area contributed by atoms with E-state index >= 15 is 0 Å². The topological polar surface area (TPSA) is 75.1 Å². The van der Waals surface area contributed by atoms with Gasteiger partial charge in [-0.2, -0.15) is 5.10 Å². The number of hydrogen-bond donors (Lipinski definition) is 2. The molecular formula is C19H28N6O. The van der Waals surface area contributed by atoms with Gasteiger partial charge in [0.25, 0.3) is 0 Å². The standard InChI is InChI=1S/C19H28N6O/c1-14(2)7-8-15-12-18(24(3)23-15)22-19(26)21-16-9-11-25(13-16)17-6-4-5-10-20-17/h4-6,10,12,14,16H,7-9,11,13H2,1-3H3,(H2,21,22,26)/t16-/m0/s1. The van der Waals surface area contributed by atoms with E-state index in [1.54, 1.807) is 10.9 Å². The highest BCUT2D eigenvalue weighted by Gasteiger charge is 2.25. The van der Waals surface area contributed by atoms with E-state index in [9.17, 15) is 4.79 Å². The van der Waals surface area contributed by atoms with Crippen molar-refractivity contribution < 1.29 is 4.79 Å². The highest BCUT2D eigenvalue weighted by atomic mass is 16.2. The predicted octanol–water partition coefficient (Wildman–Crippen LogP) is 2.80. The van der Waals surface area contributed by atoms with E-state index in [0.717, 1.165) is 49.7 Å². The highest BCUT2D eigenvalue weighted by molar-refractivity contribution is 5.88. The summed E-state index contributed by atoms with van der Waals surface area (Å²) >= 11 is 0. The van der Waals surface area contributed by atoms with E-state index < -0.39 is 0 Å². The summed E-state index contributed by atoms with van der Waals surface area (Å²) in [6, 6.07) is 7.77. The van der Waals surface area contributed by atoms with Gasteiger partial charge in [0.05, 0.1) is 5.69 Å². The summed E-state index contributed by atoms with van der Waals surface area (Å²) in [5, 5.41) is 10.4. The molecule has 7 nitrogen and oxygen atoms in total. The Balaban J connectivity index is 1.50. The molecule has 1 atom stereocenters. The van der Waals surface area contributed by atoms with Gasteiger partial charge in [-0.15, -0.1) is 0 Å². The van der Waals surface area contributed by atoms with Crippen molar-refractivity contribution in [3.8, 4) is 0 Å². The minimum Gasteiger partial charge on any atom is -0.354 e. The van der Waals surface area contributed by atoms with Gasteiger partial charge in [0.2, 0.25) is 0 Å². The Morgan fingerprint density at radius 3 is 2.96 bits per heavy atom. The second-order valence-electron chi connectivity index (χ2n) is 7.30. The summed E-state index contributed by atoms with van der Waals surface area (Å²) < 4.78 is 1.73. The van der Waals surface area contributed by atoms with Crippen molar-refractivity contribution in [3.63, 3.8) is 0 Å². The minimum absolute atomic E-state index is 0.116. The van der Waals surface area contributed by atoms with Crippen molar-refractivity contribution in [2.75, 3.05) is 23.3 Å².